The second-order valence-electron chi connectivity index (χ2n) is 3.18. The number of sulfone groups is 1. The smallest absolute Gasteiger partial charge is 0.345 e. The van der Waals surface area contributed by atoms with E-state index in [1.54, 1.807) is 0 Å². The monoisotopic (exact) mass is 278 g/mol. The summed E-state index contributed by atoms with van der Waals surface area (Å²) < 4.78 is 27.3. The van der Waals surface area contributed by atoms with Crippen molar-refractivity contribution in [1.29, 1.82) is 0 Å². The molecular weight excluding hydrogens is 268 g/mol. The Morgan fingerprint density at radius 1 is 1.41 bits per heavy atom. The molecule has 1 aromatic rings. The summed E-state index contributed by atoms with van der Waals surface area (Å²) in [6.45, 7) is 0. The Balaban J connectivity index is 2.76. The van der Waals surface area contributed by atoms with E-state index in [0.29, 0.717) is 4.88 Å². The number of carbonyl (C=O) groups is 2. The largest absolute Gasteiger partial charge is 0.477 e. The molecule has 0 unspecified atom stereocenters. The third-order valence-electron chi connectivity index (χ3n) is 1.80. The van der Waals surface area contributed by atoms with Gasteiger partial charge in [0.25, 0.3) is 0 Å². The van der Waals surface area contributed by atoms with Crippen molar-refractivity contribution in [3.8, 4) is 0 Å². The zero-order valence-electron chi connectivity index (χ0n) is 8.87. The van der Waals surface area contributed by atoms with Gasteiger partial charge in [0.2, 0.25) is 0 Å². The molecule has 0 aliphatic heterocycles. The predicted octanol–water partition coefficient (Wildman–Crippen LogP) is 0.534. The second-order valence-corrected chi connectivity index (χ2v) is 6.41. The average molecular weight is 278 g/mol. The minimum Gasteiger partial charge on any atom is -0.477 e. The van der Waals surface area contributed by atoms with Crippen LogP contribution in [0.4, 0.5) is 0 Å². The Hall–Kier alpha value is -1.41. The van der Waals surface area contributed by atoms with Crippen LogP contribution in [0.3, 0.4) is 0 Å². The number of thiophene rings is 1. The molecule has 0 spiro atoms. The minimum absolute atomic E-state index is 0.0632. The molecule has 0 aliphatic carbocycles. The lowest BCUT2D eigenvalue weighted by atomic mass is 10.4. The van der Waals surface area contributed by atoms with Gasteiger partial charge in [0.1, 0.15) is 10.6 Å². The van der Waals surface area contributed by atoms with Crippen LogP contribution in [0.15, 0.2) is 12.1 Å². The van der Waals surface area contributed by atoms with Gasteiger partial charge in [-0.25, -0.2) is 13.2 Å². The molecule has 1 heterocycles. The van der Waals surface area contributed by atoms with E-state index in [2.05, 4.69) is 4.74 Å². The van der Waals surface area contributed by atoms with E-state index in [9.17, 15) is 18.0 Å². The Kier molecular flexibility index (Phi) is 4.24. The standard InChI is InChI=1S/C9H10O6S2/c1-15-8(10)5-17(13,14)4-6-2-3-7(16-6)9(11)12/h2-3H,4-5H2,1H3,(H,11,12). The Labute approximate surface area is 102 Å². The fourth-order valence-corrected chi connectivity index (χ4v) is 3.60. The molecule has 0 amide bonds. The molecule has 94 valence electrons. The maximum absolute atomic E-state index is 11.5. The van der Waals surface area contributed by atoms with Crippen molar-refractivity contribution < 1.29 is 27.9 Å². The number of hydrogen-bond donors (Lipinski definition) is 1. The van der Waals surface area contributed by atoms with Crippen molar-refractivity contribution in [1.82, 2.24) is 0 Å². The van der Waals surface area contributed by atoms with Crippen molar-refractivity contribution in [3.63, 3.8) is 0 Å². The van der Waals surface area contributed by atoms with Gasteiger partial charge in [-0.1, -0.05) is 0 Å². The summed E-state index contributed by atoms with van der Waals surface area (Å²) in [6.07, 6.45) is 0. The molecule has 8 heteroatoms. The first-order valence-corrected chi connectivity index (χ1v) is 7.07. The highest BCUT2D eigenvalue weighted by Gasteiger charge is 2.19. The molecule has 0 fully saturated rings. The fraction of sp³-hybridized carbons (Fsp3) is 0.333. The van der Waals surface area contributed by atoms with Crippen molar-refractivity contribution >= 4 is 33.1 Å². The first kappa shape index (κ1) is 13.7. The van der Waals surface area contributed by atoms with Crippen LogP contribution in [0.2, 0.25) is 0 Å². The summed E-state index contributed by atoms with van der Waals surface area (Å²) in [5.74, 6) is -3.00. The lowest BCUT2D eigenvalue weighted by molar-refractivity contribution is -0.137. The summed E-state index contributed by atoms with van der Waals surface area (Å²) in [5.41, 5.74) is 0. The normalized spacial score (nSPS) is 11.1. The quantitative estimate of drug-likeness (QED) is 0.789. The molecule has 0 atom stereocenters. The summed E-state index contributed by atoms with van der Waals surface area (Å²) in [6, 6.07) is 2.75. The molecule has 0 radical (unpaired) electrons. The number of rotatable bonds is 5. The van der Waals surface area contributed by atoms with Crippen molar-refractivity contribution in [2.24, 2.45) is 0 Å². The number of carboxylic acid groups (broad SMARTS) is 1. The van der Waals surface area contributed by atoms with Gasteiger partial charge in [-0.3, -0.25) is 4.79 Å². The van der Waals surface area contributed by atoms with Crippen molar-refractivity contribution in [2.45, 2.75) is 5.75 Å². The zero-order valence-corrected chi connectivity index (χ0v) is 10.5. The van der Waals surface area contributed by atoms with E-state index in [0.717, 1.165) is 18.4 Å². The van der Waals surface area contributed by atoms with Crippen LogP contribution >= 0.6 is 11.3 Å². The maximum atomic E-state index is 11.5. The number of aromatic carboxylic acids is 1. The summed E-state index contributed by atoms with van der Waals surface area (Å²) >= 11 is 0.872. The molecule has 0 aromatic carbocycles. The molecule has 6 nitrogen and oxygen atoms in total. The fourth-order valence-electron chi connectivity index (χ4n) is 1.08. The lowest BCUT2D eigenvalue weighted by Gasteiger charge is -2.00. The van der Waals surface area contributed by atoms with Gasteiger partial charge in [-0.15, -0.1) is 11.3 Å². The molecular formula is C9H10O6S2. The van der Waals surface area contributed by atoms with Crippen LogP contribution < -0.4 is 0 Å². The minimum atomic E-state index is -3.62. The molecule has 0 bridgehead atoms. The van der Waals surface area contributed by atoms with Crippen LogP contribution in [0.1, 0.15) is 14.5 Å². The number of ether oxygens (including phenoxy) is 1. The van der Waals surface area contributed by atoms with Gasteiger partial charge in [-0.05, 0) is 12.1 Å². The molecule has 17 heavy (non-hydrogen) atoms. The third-order valence-corrected chi connectivity index (χ3v) is 4.48. The van der Waals surface area contributed by atoms with Gasteiger partial charge < -0.3 is 9.84 Å². The van der Waals surface area contributed by atoms with Crippen LogP contribution in [0, 0.1) is 0 Å². The van der Waals surface area contributed by atoms with E-state index in [1.807, 2.05) is 0 Å². The van der Waals surface area contributed by atoms with Gasteiger partial charge in [-0.2, -0.15) is 0 Å². The topological polar surface area (TPSA) is 97.7 Å². The van der Waals surface area contributed by atoms with E-state index in [1.165, 1.54) is 12.1 Å². The SMILES string of the molecule is COC(=O)CS(=O)(=O)Cc1ccc(C(=O)O)s1. The number of hydrogen-bond acceptors (Lipinski definition) is 6. The Morgan fingerprint density at radius 3 is 2.53 bits per heavy atom. The highest BCUT2D eigenvalue weighted by Crippen LogP contribution is 2.19. The number of methoxy groups -OCH3 is 1. The molecule has 0 aliphatic rings. The van der Waals surface area contributed by atoms with E-state index in [4.69, 9.17) is 5.11 Å². The molecule has 0 saturated heterocycles. The van der Waals surface area contributed by atoms with E-state index < -0.39 is 27.5 Å². The van der Waals surface area contributed by atoms with Crippen molar-refractivity contribution in [3.05, 3.63) is 21.9 Å². The van der Waals surface area contributed by atoms with Gasteiger partial charge in [0.05, 0.1) is 12.9 Å². The average Bonchev–Trinajstić information content (AvgIpc) is 2.64. The number of carboxylic acids is 1. The van der Waals surface area contributed by atoms with Gasteiger partial charge >= 0.3 is 11.9 Å². The lowest BCUT2D eigenvalue weighted by Crippen LogP contribution is -2.18. The predicted molar refractivity (Wildman–Crippen MR) is 60.8 cm³/mol. The van der Waals surface area contributed by atoms with Gasteiger partial charge in [0.15, 0.2) is 9.84 Å². The zero-order chi connectivity index (χ0) is 13.1. The van der Waals surface area contributed by atoms with E-state index >= 15 is 0 Å². The molecule has 1 rings (SSSR count). The summed E-state index contributed by atoms with van der Waals surface area (Å²) in [4.78, 5) is 21.9. The first-order valence-electron chi connectivity index (χ1n) is 4.43. The van der Waals surface area contributed by atoms with E-state index in [-0.39, 0.29) is 10.6 Å². The third kappa shape index (κ3) is 4.16. The van der Waals surface area contributed by atoms with Crippen molar-refractivity contribution in [2.75, 3.05) is 12.9 Å². The van der Waals surface area contributed by atoms with Crippen LogP contribution in [0.25, 0.3) is 0 Å². The Morgan fingerprint density at radius 2 is 2.06 bits per heavy atom. The van der Waals surface area contributed by atoms with Crippen LogP contribution in [-0.2, 0) is 25.1 Å². The highest BCUT2D eigenvalue weighted by molar-refractivity contribution is 7.91. The Bertz CT molecular complexity index is 527. The van der Waals surface area contributed by atoms with Crippen LogP contribution in [-0.4, -0.2) is 38.3 Å². The molecule has 0 saturated carbocycles. The number of carbonyl (C=O) groups excluding carboxylic acids is 1. The molecule has 1 N–H and O–H groups in total. The highest BCUT2D eigenvalue weighted by atomic mass is 32.2. The summed E-state index contributed by atoms with van der Waals surface area (Å²) in [7, 11) is -2.51. The van der Waals surface area contributed by atoms with Gasteiger partial charge in [0, 0.05) is 4.88 Å². The second kappa shape index (κ2) is 5.28. The first-order chi connectivity index (χ1) is 7.84. The number of esters is 1. The van der Waals surface area contributed by atoms with Crippen LogP contribution in [0.5, 0.6) is 0 Å². The molecule has 1 aromatic heterocycles. The maximum Gasteiger partial charge on any atom is 0.345 e. The summed E-state index contributed by atoms with van der Waals surface area (Å²) in [5, 5.41) is 8.67.